The van der Waals surface area contributed by atoms with Gasteiger partial charge in [0.25, 0.3) is 0 Å². The zero-order valence-electron chi connectivity index (χ0n) is 10.3. The van der Waals surface area contributed by atoms with Crippen molar-refractivity contribution < 1.29 is 9.13 Å². The van der Waals surface area contributed by atoms with Gasteiger partial charge in [0.05, 0.1) is 0 Å². The second kappa shape index (κ2) is 7.56. The number of rotatable bonds is 4. The largest absolute Gasteiger partial charge is 0.489 e. The van der Waals surface area contributed by atoms with Gasteiger partial charge in [-0.3, -0.25) is 4.90 Å². The molecule has 0 aliphatic carbocycles. The Hall–Kier alpha value is -0.840. The molecule has 1 aliphatic rings. The fourth-order valence-electron chi connectivity index (χ4n) is 2.14. The number of hydrogen-bond acceptors (Lipinski definition) is 3. The summed E-state index contributed by atoms with van der Waals surface area (Å²) in [6, 6.07) is 6.77. The highest BCUT2D eigenvalue weighted by molar-refractivity contribution is 5.85. The molecule has 3 nitrogen and oxygen atoms in total. The van der Waals surface area contributed by atoms with Crippen LogP contribution in [0.3, 0.4) is 0 Å². The number of benzene rings is 1. The van der Waals surface area contributed by atoms with Gasteiger partial charge in [-0.15, -0.1) is 12.4 Å². The topological polar surface area (TPSA) is 38.5 Å². The van der Waals surface area contributed by atoms with Crippen molar-refractivity contribution in [1.29, 1.82) is 0 Å². The Morgan fingerprint density at radius 2 is 2.17 bits per heavy atom. The smallest absolute Gasteiger partial charge is 0.165 e. The molecule has 1 aromatic carbocycles. The van der Waals surface area contributed by atoms with E-state index in [9.17, 15) is 4.39 Å². The first kappa shape index (κ1) is 15.2. The average molecular weight is 275 g/mol. The summed E-state index contributed by atoms with van der Waals surface area (Å²) in [5, 5.41) is 0. The van der Waals surface area contributed by atoms with Crippen LogP contribution in [0.4, 0.5) is 4.39 Å². The summed E-state index contributed by atoms with van der Waals surface area (Å²) in [7, 11) is 0. The summed E-state index contributed by atoms with van der Waals surface area (Å²) >= 11 is 0. The number of nitrogens with two attached hydrogens (primary N) is 1. The Bertz CT molecular complexity index is 365. The molecule has 0 radical (unpaired) electrons. The molecule has 2 rings (SSSR count). The molecule has 1 fully saturated rings. The van der Waals surface area contributed by atoms with Crippen LogP contribution in [0.2, 0.25) is 0 Å². The lowest BCUT2D eigenvalue weighted by Crippen LogP contribution is -2.44. The molecule has 0 aromatic heterocycles. The highest BCUT2D eigenvalue weighted by Crippen LogP contribution is 2.15. The minimum atomic E-state index is -0.303. The first-order valence-corrected chi connectivity index (χ1v) is 6.11. The molecule has 0 saturated carbocycles. The fourth-order valence-corrected chi connectivity index (χ4v) is 2.14. The molecule has 0 amide bonds. The molecule has 5 heteroatoms. The summed E-state index contributed by atoms with van der Waals surface area (Å²) in [5.41, 5.74) is 5.89. The van der Waals surface area contributed by atoms with E-state index >= 15 is 0 Å². The maximum atomic E-state index is 13.3. The zero-order valence-corrected chi connectivity index (χ0v) is 11.2. The van der Waals surface area contributed by atoms with Crippen molar-refractivity contribution in [1.82, 2.24) is 4.90 Å². The molecule has 1 saturated heterocycles. The number of piperidine rings is 1. The third kappa shape index (κ3) is 4.44. The van der Waals surface area contributed by atoms with Gasteiger partial charge in [0.1, 0.15) is 6.61 Å². The lowest BCUT2D eigenvalue weighted by atomic mass is 10.1. The molecule has 102 valence electrons. The summed E-state index contributed by atoms with van der Waals surface area (Å²) in [5.74, 6) is 0.0247. The van der Waals surface area contributed by atoms with Gasteiger partial charge in [-0.25, -0.2) is 4.39 Å². The SMILES string of the molecule is Cl.N[C@@H]1CCCN(CCOc2ccccc2F)C1. The van der Waals surface area contributed by atoms with Crippen molar-refractivity contribution in [2.45, 2.75) is 18.9 Å². The van der Waals surface area contributed by atoms with Gasteiger partial charge in [0.15, 0.2) is 11.6 Å². The maximum absolute atomic E-state index is 13.3. The summed E-state index contributed by atoms with van der Waals surface area (Å²) in [6.07, 6.45) is 2.24. The van der Waals surface area contributed by atoms with Gasteiger partial charge < -0.3 is 10.5 Å². The Morgan fingerprint density at radius 1 is 1.39 bits per heavy atom. The Balaban J connectivity index is 0.00000162. The second-order valence-corrected chi connectivity index (χ2v) is 4.48. The van der Waals surface area contributed by atoms with E-state index in [1.807, 2.05) is 0 Å². The fraction of sp³-hybridized carbons (Fsp3) is 0.538. The Labute approximate surface area is 114 Å². The van der Waals surface area contributed by atoms with Crippen LogP contribution in [-0.4, -0.2) is 37.2 Å². The van der Waals surface area contributed by atoms with Crippen molar-refractivity contribution in [3.05, 3.63) is 30.1 Å². The van der Waals surface area contributed by atoms with Crippen LogP contribution in [0.15, 0.2) is 24.3 Å². The number of nitrogens with zero attached hydrogens (tertiary/aromatic N) is 1. The predicted octanol–water partition coefficient (Wildman–Crippen LogP) is 2.05. The van der Waals surface area contributed by atoms with Crippen molar-refractivity contribution in [3.63, 3.8) is 0 Å². The molecule has 0 spiro atoms. The van der Waals surface area contributed by atoms with Crippen LogP contribution in [0.1, 0.15) is 12.8 Å². The van der Waals surface area contributed by atoms with E-state index in [1.54, 1.807) is 18.2 Å². The third-order valence-electron chi connectivity index (χ3n) is 3.04. The van der Waals surface area contributed by atoms with E-state index in [-0.39, 0.29) is 24.3 Å². The van der Waals surface area contributed by atoms with Crippen LogP contribution in [0, 0.1) is 5.82 Å². The molecule has 18 heavy (non-hydrogen) atoms. The van der Waals surface area contributed by atoms with Crippen LogP contribution < -0.4 is 10.5 Å². The lowest BCUT2D eigenvalue weighted by Gasteiger charge is -2.30. The van der Waals surface area contributed by atoms with Crippen molar-refractivity contribution in [3.8, 4) is 5.75 Å². The van der Waals surface area contributed by atoms with Gasteiger partial charge in [-0.1, -0.05) is 12.1 Å². The summed E-state index contributed by atoms with van der Waals surface area (Å²) < 4.78 is 18.7. The zero-order chi connectivity index (χ0) is 12.1. The molecule has 2 N–H and O–H groups in total. The molecule has 1 heterocycles. The van der Waals surface area contributed by atoms with Crippen LogP contribution in [-0.2, 0) is 0 Å². The van der Waals surface area contributed by atoms with Gasteiger partial charge in [0.2, 0.25) is 0 Å². The van der Waals surface area contributed by atoms with E-state index in [0.717, 1.165) is 32.5 Å². The molecular weight excluding hydrogens is 255 g/mol. The van der Waals surface area contributed by atoms with E-state index < -0.39 is 0 Å². The Morgan fingerprint density at radius 3 is 2.89 bits per heavy atom. The highest BCUT2D eigenvalue weighted by Gasteiger charge is 2.16. The van der Waals surface area contributed by atoms with E-state index in [1.165, 1.54) is 6.07 Å². The minimum Gasteiger partial charge on any atom is -0.489 e. The molecule has 0 unspecified atom stereocenters. The molecule has 1 aliphatic heterocycles. The van der Waals surface area contributed by atoms with Crippen LogP contribution in [0.25, 0.3) is 0 Å². The normalized spacial score (nSPS) is 20.2. The Kier molecular flexibility index (Phi) is 6.39. The van der Waals surface area contributed by atoms with Gasteiger partial charge in [-0.05, 0) is 31.5 Å². The summed E-state index contributed by atoms with van der Waals surface area (Å²) in [4.78, 5) is 2.27. The number of ether oxygens (including phenoxy) is 1. The number of halogens is 2. The summed E-state index contributed by atoms with van der Waals surface area (Å²) in [6.45, 7) is 3.30. The van der Waals surface area contributed by atoms with Crippen LogP contribution in [0.5, 0.6) is 5.75 Å². The van der Waals surface area contributed by atoms with Gasteiger partial charge >= 0.3 is 0 Å². The number of hydrogen-bond donors (Lipinski definition) is 1. The molecule has 0 bridgehead atoms. The molecule has 1 aromatic rings. The monoisotopic (exact) mass is 274 g/mol. The van der Waals surface area contributed by atoms with Crippen LogP contribution >= 0.6 is 12.4 Å². The number of likely N-dealkylation sites (tertiary alicyclic amines) is 1. The van der Waals surface area contributed by atoms with Crippen molar-refractivity contribution in [2.75, 3.05) is 26.2 Å². The highest BCUT2D eigenvalue weighted by atomic mass is 35.5. The molecular formula is C13H20ClFN2O. The van der Waals surface area contributed by atoms with Gasteiger partial charge in [0, 0.05) is 19.1 Å². The molecule has 1 atom stereocenters. The predicted molar refractivity (Wildman–Crippen MR) is 72.8 cm³/mol. The van der Waals surface area contributed by atoms with E-state index in [4.69, 9.17) is 10.5 Å². The third-order valence-corrected chi connectivity index (χ3v) is 3.04. The lowest BCUT2D eigenvalue weighted by molar-refractivity contribution is 0.169. The first-order chi connectivity index (χ1) is 8.25. The van der Waals surface area contributed by atoms with E-state index in [2.05, 4.69) is 4.90 Å². The van der Waals surface area contributed by atoms with E-state index in [0.29, 0.717) is 12.4 Å². The maximum Gasteiger partial charge on any atom is 0.165 e. The minimum absolute atomic E-state index is 0. The average Bonchev–Trinajstić information content (AvgIpc) is 2.32. The van der Waals surface area contributed by atoms with Crippen molar-refractivity contribution in [2.24, 2.45) is 5.73 Å². The quantitative estimate of drug-likeness (QED) is 0.913. The van der Waals surface area contributed by atoms with Gasteiger partial charge in [-0.2, -0.15) is 0 Å². The number of para-hydroxylation sites is 1. The second-order valence-electron chi connectivity index (χ2n) is 4.48. The standard InChI is InChI=1S/C13H19FN2O.ClH/c14-12-5-1-2-6-13(12)17-9-8-16-7-3-4-11(15)10-16;/h1-2,5-6,11H,3-4,7-10,15H2;1H/t11-;/m1./s1. The first-order valence-electron chi connectivity index (χ1n) is 6.11. The van der Waals surface area contributed by atoms with Crippen molar-refractivity contribution >= 4 is 12.4 Å².